The molecule has 0 radical (unpaired) electrons. The molecule has 0 N–H and O–H groups in total. The maximum atomic E-state index is 0. The minimum Gasteiger partial charge on any atom is -2.00 e. The van der Waals surface area contributed by atoms with Crippen LogP contribution in [-0.2, 0) is 38.8 Å². The average Bonchev–Trinajstić information content (AvgIpc) is 0. The third kappa shape index (κ3) is 25.7. The Morgan fingerprint density at radius 3 is 0.600 bits per heavy atom. The van der Waals surface area contributed by atoms with Crippen molar-refractivity contribution in [3.05, 3.63) is 0 Å². The number of hydrogen-bond donors (Lipinski definition) is 0. The fraction of sp³-hybridized carbons (Fsp3) is 0. The predicted molar refractivity (Wildman–Crippen MR) is 2.06 cm³/mol. The van der Waals surface area contributed by atoms with Crippen molar-refractivity contribution in [3.63, 3.8) is 0 Å². The first kappa shape index (κ1) is 70.0. The summed E-state index contributed by atoms with van der Waals surface area (Å²) in [6.07, 6.45) is 0. The third-order valence-corrected chi connectivity index (χ3v) is 0. The van der Waals surface area contributed by atoms with Crippen LogP contribution in [0, 0.1) is 35.6 Å². The molecule has 32 valence electrons. The summed E-state index contributed by atoms with van der Waals surface area (Å²) in [4.78, 5) is 0. The van der Waals surface area contributed by atoms with E-state index in [-0.39, 0.29) is 74.4 Å². The molecule has 0 bridgehead atoms. The van der Waals surface area contributed by atoms with Crippen LogP contribution in [0.3, 0.4) is 0 Å². The molecule has 0 rings (SSSR count). The molecule has 0 spiro atoms. The van der Waals surface area contributed by atoms with E-state index in [9.17, 15) is 0 Å². The van der Waals surface area contributed by atoms with Crippen LogP contribution in [0.5, 0.6) is 0 Å². The van der Waals surface area contributed by atoms with Crippen molar-refractivity contribution in [2.24, 2.45) is 0 Å². The minimum absolute atomic E-state index is 0. The second-order valence-electron chi connectivity index (χ2n) is 0. The molecule has 0 saturated carbocycles. The van der Waals surface area contributed by atoms with Gasteiger partial charge in [0.2, 0.25) is 0 Å². The quantitative estimate of drug-likeness (QED) is 0.512. The van der Waals surface area contributed by atoms with Gasteiger partial charge in [0.1, 0.15) is 0 Å². The van der Waals surface area contributed by atoms with Crippen LogP contribution >= 0.6 is 0 Å². The molecule has 0 aliphatic carbocycles. The van der Waals surface area contributed by atoms with Gasteiger partial charge in [-0.05, 0) is 0 Å². The molecular weight excluding hydrogens is 384 g/mol. The van der Waals surface area contributed by atoms with Crippen molar-refractivity contribution < 1.29 is 74.4 Å². The van der Waals surface area contributed by atoms with E-state index in [1.54, 1.807) is 0 Å². The Labute approximate surface area is 73.5 Å². The maximum absolute atomic E-state index is 0. The van der Waals surface area contributed by atoms with Gasteiger partial charge in [-0.2, -0.15) is 0 Å². The molecule has 5 heteroatoms. The van der Waals surface area contributed by atoms with E-state index in [0.29, 0.717) is 0 Å². The van der Waals surface area contributed by atoms with Crippen molar-refractivity contribution in [2.75, 3.05) is 0 Å². The first-order valence-electron chi connectivity index (χ1n) is 0. The van der Waals surface area contributed by atoms with Crippen LogP contribution < -0.4 is 0 Å². The Bertz CT molecular complexity index is 6.85. The van der Waals surface area contributed by atoms with Crippen molar-refractivity contribution in [1.29, 1.82) is 0 Å². The monoisotopic (exact) mass is 384 g/mol. The SMILES string of the molecule is [Au+3].[La+3].[O-2].[O-2].[O-2]. The first-order chi connectivity index (χ1) is 0. The van der Waals surface area contributed by atoms with Crippen LogP contribution in [0.4, 0.5) is 0 Å². The molecule has 0 saturated heterocycles. The molecule has 0 aromatic rings. The van der Waals surface area contributed by atoms with Crippen molar-refractivity contribution in [1.82, 2.24) is 0 Å². The van der Waals surface area contributed by atoms with Crippen LogP contribution in [0.15, 0.2) is 0 Å². The summed E-state index contributed by atoms with van der Waals surface area (Å²) in [5.41, 5.74) is 0. The van der Waals surface area contributed by atoms with Gasteiger partial charge in [-0.25, -0.2) is 0 Å². The van der Waals surface area contributed by atoms with Gasteiger partial charge in [0.25, 0.3) is 0 Å². The normalized spacial score (nSPS) is 0. The fourth-order valence-corrected chi connectivity index (χ4v) is 0. The minimum atomic E-state index is 0. The number of rotatable bonds is 0. The van der Waals surface area contributed by atoms with Crippen molar-refractivity contribution >= 4 is 0 Å². The molecule has 0 atom stereocenters. The molecule has 0 aromatic heterocycles. The summed E-state index contributed by atoms with van der Waals surface area (Å²) in [7, 11) is 0. The molecular formula is AuLaO3. The summed E-state index contributed by atoms with van der Waals surface area (Å²) in [5, 5.41) is 0. The Balaban J connectivity index is 0. The predicted octanol–water partition coefficient (Wildman–Crippen LogP) is -0.359. The summed E-state index contributed by atoms with van der Waals surface area (Å²) in [6.45, 7) is 0. The second-order valence-corrected chi connectivity index (χ2v) is 0. The maximum Gasteiger partial charge on any atom is 3.00 e. The Kier molecular flexibility index (Phi) is 573. The van der Waals surface area contributed by atoms with Crippen molar-refractivity contribution in [3.8, 4) is 0 Å². The zero-order valence-electron chi connectivity index (χ0n) is 2.10. The zero-order valence-corrected chi connectivity index (χ0v) is 7.90. The van der Waals surface area contributed by atoms with E-state index < -0.39 is 0 Å². The van der Waals surface area contributed by atoms with Crippen LogP contribution in [-0.4, -0.2) is 0 Å². The molecule has 0 aliphatic rings. The van der Waals surface area contributed by atoms with Crippen molar-refractivity contribution in [2.45, 2.75) is 0 Å². The van der Waals surface area contributed by atoms with Gasteiger partial charge in [-0.15, -0.1) is 0 Å². The zero-order chi connectivity index (χ0) is 0. The molecule has 0 heterocycles. The van der Waals surface area contributed by atoms with Gasteiger partial charge in [-0.3, -0.25) is 0 Å². The van der Waals surface area contributed by atoms with Crippen LogP contribution in [0.1, 0.15) is 0 Å². The topological polar surface area (TPSA) is 85.5 Å². The standard InChI is InChI=1S/Au.La.3O/q2*+3;3*-2. The van der Waals surface area contributed by atoms with Crippen LogP contribution in [0.25, 0.3) is 0 Å². The second kappa shape index (κ2) is 40.9. The van der Waals surface area contributed by atoms with Gasteiger partial charge < -0.3 is 16.4 Å². The van der Waals surface area contributed by atoms with E-state index in [1.165, 1.54) is 0 Å². The summed E-state index contributed by atoms with van der Waals surface area (Å²) < 4.78 is 0. The largest absolute Gasteiger partial charge is 3.00 e. The summed E-state index contributed by atoms with van der Waals surface area (Å²) in [5.74, 6) is 0. The Morgan fingerprint density at radius 2 is 0.600 bits per heavy atom. The third-order valence-electron chi connectivity index (χ3n) is 0. The smallest absolute Gasteiger partial charge is 2.00 e. The van der Waals surface area contributed by atoms with Crippen LogP contribution in [0.2, 0.25) is 0 Å². The van der Waals surface area contributed by atoms with Gasteiger partial charge in [0.15, 0.2) is 0 Å². The molecule has 0 aromatic carbocycles. The van der Waals surface area contributed by atoms with E-state index in [1.807, 2.05) is 0 Å². The molecule has 0 fully saturated rings. The number of hydrogen-bond acceptors (Lipinski definition) is 0. The Hall–Kier alpha value is 1.82. The summed E-state index contributed by atoms with van der Waals surface area (Å²) >= 11 is 0. The molecule has 5 heavy (non-hydrogen) atoms. The van der Waals surface area contributed by atoms with Gasteiger partial charge in [-0.1, -0.05) is 0 Å². The van der Waals surface area contributed by atoms with E-state index in [0.717, 1.165) is 0 Å². The van der Waals surface area contributed by atoms with E-state index >= 15 is 0 Å². The van der Waals surface area contributed by atoms with Gasteiger partial charge >= 0.3 is 58.0 Å². The van der Waals surface area contributed by atoms with E-state index in [4.69, 9.17) is 0 Å². The fourth-order valence-electron chi connectivity index (χ4n) is 0. The summed E-state index contributed by atoms with van der Waals surface area (Å²) in [6, 6.07) is 0. The molecule has 0 aliphatic heterocycles. The first-order valence-corrected chi connectivity index (χ1v) is 0. The van der Waals surface area contributed by atoms with Gasteiger partial charge in [0.05, 0.1) is 0 Å². The van der Waals surface area contributed by atoms with Gasteiger partial charge in [0, 0.05) is 0 Å². The van der Waals surface area contributed by atoms with E-state index in [2.05, 4.69) is 0 Å². The molecule has 0 unspecified atom stereocenters. The molecule has 3 nitrogen and oxygen atoms in total. The average molecular weight is 384 g/mol. The molecule has 0 amide bonds. The Morgan fingerprint density at radius 1 is 0.600 bits per heavy atom.